The van der Waals surface area contributed by atoms with Crippen LogP contribution in [0.2, 0.25) is 0 Å². The number of aliphatic hydroxyl groups is 2. The van der Waals surface area contributed by atoms with Crippen LogP contribution in [0.15, 0.2) is 11.0 Å². The van der Waals surface area contributed by atoms with E-state index in [0.717, 1.165) is 4.57 Å². The third-order valence-electron chi connectivity index (χ3n) is 3.19. The predicted molar refractivity (Wildman–Crippen MR) is 71.6 cm³/mol. The third kappa shape index (κ3) is 3.52. The summed E-state index contributed by atoms with van der Waals surface area (Å²) >= 11 is 0. The zero-order chi connectivity index (χ0) is 16.7. The summed E-state index contributed by atoms with van der Waals surface area (Å²) in [5.74, 6) is 0.0238. The van der Waals surface area contributed by atoms with Crippen molar-refractivity contribution in [3.63, 3.8) is 0 Å². The second-order valence-electron chi connectivity index (χ2n) is 4.83. The molecule has 0 aromatic carbocycles. The number of hydrogen-bond acceptors (Lipinski definition) is 8. The van der Waals surface area contributed by atoms with E-state index in [1.54, 1.807) is 6.92 Å². The Hall–Kier alpha value is -1.33. The molecule has 11 nitrogen and oxygen atoms in total. The summed E-state index contributed by atoms with van der Waals surface area (Å²) in [6.07, 6.45) is -4.21. The van der Waals surface area contributed by atoms with Crippen LogP contribution >= 0.6 is 7.82 Å². The Kier molecular flexibility index (Phi) is 4.68. The molecular formula is C10H16N3O8P. The van der Waals surface area contributed by atoms with Crippen LogP contribution in [0, 0.1) is 6.92 Å². The molecule has 1 fully saturated rings. The summed E-state index contributed by atoms with van der Waals surface area (Å²) in [6.45, 7) is 0.930. The number of phosphoric ester groups is 1. The van der Waals surface area contributed by atoms with Gasteiger partial charge in [0.15, 0.2) is 6.23 Å². The van der Waals surface area contributed by atoms with Crippen LogP contribution in [-0.2, 0) is 13.8 Å². The molecule has 1 saturated heterocycles. The molecule has 1 aliphatic rings. The summed E-state index contributed by atoms with van der Waals surface area (Å²) in [5, 5.41) is 19.8. The molecule has 0 bridgehead atoms. The number of phosphoric acid groups is 1. The third-order valence-corrected chi connectivity index (χ3v) is 3.68. The molecule has 124 valence electrons. The molecule has 22 heavy (non-hydrogen) atoms. The van der Waals surface area contributed by atoms with E-state index in [1.165, 1.54) is 6.20 Å². The highest BCUT2D eigenvalue weighted by Crippen LogP contribution is 2.38. The van der Waals surface area contributed by atoms with E-state index in [4.69, 9.17) is 20.3 Å². The molecule has 0 radical (unpaired) electrons. The minimum atomic E-state index is -4.75. The van der Waals surface area contributed by atoms with Gasteiger partial charge < -0.3 is 30.5 Å². The lowest BCUT2D eigenvalue weighted by molar-refractivity contribution is -0.0542. The van der Waals surface area contributed by atoms with Gasteiger partial charge in [0.1, 0.15) is 24.1 Å². The molecule has 1 aromatic heterocycles. The number of anilines is 1. The Bertz CT molecular complexity index is 658. The molecule has 1 aliphatic heterocycles. The molecule has 2 rings (SSSR count). The standard InChI is InChI=1S/C10H16N3O8P/c1-4-2-13(10(16)12-8(4)11)9-7(15)6(14)5(21-9)3-20-22(17,18)19/h2,5-7,9,14-15H,3H2,1H3,(H2,11,12,16)(H2,17,18,19)/t5-,6-,7-,9-/m1/s1. The Morgan fingerprint density at radius 2 is 2.09 bits per heavy atom. The van der Waals surface area contributed by atoms with Gasteiger partial charge in [0, 0.05) is 11.8 Å². The van der Waals surface area contributed by atoms with E-state index in [-0.39, 0.29) is 5.82 Å². The van der Waals surface area contributed by atoms with E-state index >= 15 is 0 Å². The van der Waals surface area contributed by atoms with Crippen molar-refractivity contribution in [2.75, 3.05) is 12.3 Å². The van der Waals surface area contributed by atoms with E-state index in [2.05, 4.69) is 9.51 Å². The average Bonchev–Trinajstić information content (AvgIpc) is 2.68. The molecule has 6 N–H and O–H groups in total. The van der Waals surface area contributed by atoms with Crippen molar-refractivity contribution in [1.29, 1.82) is 0 Å². The van der Waals surface area contributed by atoms with Gasteiger partial charge in [0.2, 0.25) is 0 Å². The molecular weight excluding hydrogens is 321 g/mol. The lowest BCUT2D eigenvalue weighted by atomic mass is 10.1. The van der Waals surface area contributed by atoms with E-state index < -0.39 is 44.7 Å². The van der Waals surface area contributed by atoms with Crippen molar-refractivity contribution in [1.82, 2.24) is 9.55 Å². The van der Waals surface area contributed by atoms with E-state index in [0.29, 0.717) is 5.56 Å². The molecule has 4 atom stereocenters. The highest BCUT2D eigenvalue weighted by atomic mass is 31.2. The Morgan fingerprint density at radius 3 is 2.68 bits per heavy atom. The van der Waals surface area contributed by atoms with Gasteiger partial charge >= 0.3 is 13.5 Å². The highest BCUT2D eigenvalue weighted by Gasteiger charge is 2.45. The molecule has 0 unspecified atom stereocenters. The molecule has 0 aliphatic carbocycles. The number of nitrogens with two attached hydrogens (primary N) is 1. The van der Waals surface area contributed by atoms with Gasteiger partial charge in [0.25, 0.3) is 0 Å². The maximum absolute atomic E-state index is 11.8. The van der Waals surface area contributed by atoms with Gasteiger partial charge in [-0.3, -0.25) is 9.09 Å². The van der Waals surface area contributed by atoms with Gasteiger partial charge in [-0.1, -0.05) is 0 Å². The number of aromatic nitrogens is 2. The number of nitrogen functional groups attached to an aromatic ring is 1. The molecule has 0 spiro atoms. The first-order chi connectivity index (χ1) is 10.1. The van der Waals surface area contributed by atoms with Crippen molar-refractivity contribution < 1.29 is 33.8 Å². The summed E-state index contributed by atoms with van der Waals surface area (Å²) < 4.78 is 21.1. The lowest BCUT2D eigenvalue weighted by Crippen LogP contribution is -2.36. The van der Waals surface area contributed by atoms with Crippen molar-refractivity contribution in [2.45, 2.75) is 31.5 Å². The van der Waals surface area contributed by atoms with E-state index in [1.807, 2.05) is 0 Å². The smallest absolute Gasteiger partial charge is 0.387 e. The van der Waals surface area contributed by atoms with Crippen LogP contribution in [0.5, 0.6) is 0 Å². The minimum Gasteiger partial charge on any atom is -0.387 e. The van der Waals surface area contributed by atoms with Crippen LogP contribution in [0.4, 0.5) is 5.82 Å². The van der Waals surface area contributed by atoms with Crippen molar-refractivity contribution in [3.05, 3.63) is 22.2 Å². The first-order valence-corrected chi connectivity index (χ1v) is 7.70. The number of hydrogen-bond donors (Lipinski definition) is 5. The highest BCUT2D eigenvalue weighted by molar-refractivity contribution is 7.46. The largest absolute Gasteiger partial charge is 0.469 e. The monoisotopic (exact) mass is 337 g/mol. The Balaban J connectivity index is 2.22. The van der Waals surface area contributed by atoms with Crippen molar-refractivity contribution in [2.24, 2.45) is 0 Å². The maximum atomic E-state index is 11.8. The zero-order valence-corrected chi connectivity index (χ0v) is 12.3. The fraction of sp³-hybridized carbons (Fsp3) is 0.600. The zero-order valence-electron chi connectivity index (χ0n) is 11.4. The second kappa shape index (κ2) is 6.05. The first kappa shape index (κ1) is 17.0. The molecule has 1 aromatic rings. The average molecular weight is 337 g/mol. The summed E-state index contributed by atoms with van der Waals surface area (Å²) in [6, 6.07) is 0. The number of rotatable bonds is 4. The van der Waals surface area contributed by atoms with Crippen molar-refractivity contribution >= 4 is 13.6 Å². The number of aliphatic hydroxyl groups excluding tert-OH is 2. The fourth-order valence-electron chi connectivity index (χ4n) is 2.03. The van der Waals surface area contributed by atoms with Crippen LogP contribution in [-0.4, -0.2) is 54.5 Å². The first-order valence-electron chi connectivity index (χ1n) is 6.17. The predicted octanol–water partition coefficient (Wildman–Crippen LogP) is -2.14. The summed E-state index contributed by atoms with van der Waals surface area (Å²) in [4.78, 5) is 32.6. The topological polar surface area (TPSA) is 177 Å². The Labute approximate surface area is 124 Å². The van der Waals surface area contributed by atoms with E-state index in [9.17, 15) is 19.6 Å². The van der Waals surface area contributed by atoms with Gasteiger partial charge in [-0.15, -0.1) is 0 Å². The SMILES string of the molecule is Cc1cn([C@@H]2O[C@H](COP(=O)(O)O)[C@@H](O)[C@H]2O)c(=O)nc1N. The van der Waals surface area contributed by atoms with Gasteiger partial charge in [-0.2, -0.15) is 4.98 Å². The van der Waals surface area contributed by atoms with Crippen LogP contribution < -0.4 is 11.4 Å². The van der Waals surface area contributed by atoms with Gasteiger partial charge in [-0.25, -0.2) is 9.36 Å². The normalized spacial score (nSPS) is 29.0. The maximum Gasteiger partial charge on any atom is 0.469 e. The fourth-order valence-corrected chi connectivity index (χ4v) is 2.37. The second-order valence-corrected chi connectivity index (χ2v) is 6.07. The van der Waals surface area contributed by atoms with Gasteiger partial charge in [0.05, 0.1) is 6.61 Å². The minimum absolute atomic E-state index is 0.0238. The quantitative estimate of drug-likeness (QED) is 0.381. The van der Waals surface area contributed by atoms with Crippen LogP contribution in [0.25, 0.3) is 0 Å². The molecule has 0 amide bonds. The summed E-state index contributed by atoms with van der Waals surface area (Å²) in [5.41, 5.74) is 5.15. The number of ether oxygens (including phenoxy) is 1. The van der Waals surface area contributed by atoms with Gasteiger partial charge in [-0.05, 0) is 6.92 Å². The van der Waals surface area contributed by atoms with Crippen molar-refractivity contribution in [3.8, 4) is 0 Å². The lowest BCUT2D eigenvalue weighted by Gasteiger charge is -2.18. The Morgan fingerprint density at radius 1 is 1.45 bits per heavy atom. The van der Waals surface area contributed by atoms with Crippen LogP contribution in [0.1, 0.15) is 11.8 Å². The number of nitrogens with zero attached hydrogens (tertiary/aromatic N) is 2. The molecule has 2 heterocycles. The molecule has 0 saturated carbocycles. The molecule has 12 heteroatoms. The number of aryl methyl sites for hydroxylation is 1. The van der Waals surface area contributed by atoms with Crippen LogP contribution in [0.3, 0.4) is 0 Å². The summed E-state index contributed by atoms with van der Waals surface area (Å²) in [7, 11) is -4.75.